The highest BCUT2D eigenvalue weighted by molar-refractivity contribution is 7.98. The maximum atomic E-state index is 11.9. The van der Waals surface area contributed by atoms with Gasteiger partial charge in [-0.3, -0.25) is 0 Å². The van der Waals surface area contributed by atoms with Crippen LogP contribution in [-0.2, 0) is 19.3 Å². The van der Waals surface area contributed by atoms with Crippen molar-refractivity contribution in [1.82, 2.24) is 0 Å². The van der Waals surface area contributed by atoms with Crippen LogP contribution in [0, 0.1) is 0 Å². The lowest BCUT2D eigenvalue weighted by atomic mass is 10.2. The van der Waals surface area contributed by atoms with Crippen molar-refractivity contribution in [1.29, 1.82) is 0 Å². The van der Waals surface area contributed by atoms with E-state index in [2.05, 4.69) is 0 Å². The minimum atomic E-state index is -3.51. The SMILES string of the molecule is O=S(=O)(C1=CC=CCC1)C1=COC=CO1. The third-order valence-electron chi connectivity index (χ3n) is 2.07. The molecule has 0 aromatic carbocycles. The van der Waals surface area contributed by atoms with Crippen LogP contribution in [0.25, 0.3) is 0 Å². The number of hydrogen-bond acceptors (Lipinski definition) is 4. The summed E-state index contributed by atoms with van der Waals surface area (Å²) in [6.45, 7) is 0. The molecule has 0 spiro atoms. The summed E-state index contributed by atoms with van der Waals surface area (Å²) in [4.78, 5) is 0.357. The van der Waals surface area contributed by atoms with E-state index in [0.29, 0.717) is 11.3 Å². The van der Waals surface area contributed by atoms with E-state index in [1.807, 2.05) is 6.08 Å². The molecule has 0 amide bonds. The van der Waals surface area contributed by atoms with Crippen molar-refractivity contribution in [3.8, 4) is 0 Å². The number of allylic oxidation sites excluding steroid dienone is 4. The summed E-state index contributed by atoms with van der Waals surface area (Å²) in [7, 11) is -3.51. The molecular formula is C10H10O4S. The van der Waals surface area contributed by atoms with Crippen molar-refractivity contribution in [3.63, 3.8) is 0 Å². The molecule has 80 valence electrons. The molecule has 0 bridgehead atoms. The first-order valence-corrected chi connectivity index (χ1v) is 5.98. The summed E-state index contributed by atoms with van der Waals surface area (Å²) >= 11 is 0. The van der Waals surface area contributed by atoms with Gasteiger partial charge in [0.25, 0.3) is 5.09 Å². The maximum absolute atomic E-state index is 11.9. The van der Waals surface area contributed by atoms with Gasteiger partial charge in [-0.2, -0.15) is 0 Å². The lowest BCUT2D eigenvalue weighted by molar-refractivity contribution is 0.277. The molecule has 0 saturated heterocycles. The van der Waals surface area contributed by atoms with E-state index in [-0.39, 0.29) is 5.09 Å². The fourth-order valence-corrected chi connectivity index (χ4v) is 2.58. The van der Waals surface area contributed by atoms with Crippen molar-refractivity contribution in [2.24, 2.45) is 0 Å². The molecule has 1 heterocycles. The second-order valence-electron chi connectivity index (χ2n) is 3.07. The first-order valence-electron chi connectivity index (χ1n) is 4.49. The van der Waals surface area contributed by atoms with Crippen molar-refractivity contribution in [3.05, 3.63) is 47.0 Å². The molecule has 0 fully saturated rings. The Bertz CT molecular complexity index is 466. The molecule has 0 aromatic heterocycles. The summed E-state index contributed by atoms with van der Waals surface area (Å²) in [5.41, 5.74) is 0. The van der Waals surface area contributed by atoms with Crippen LogP contribution in [0.1, 0.15) is 12.8 Å². The Balaban J connectivity index is 2.30. The van der Waals surface area contributed by atoms with Gasteiger partial charge in [0.1, 0.15) is 18.8 Å². The molecule has 2 rings (SSSR count). The van der Waals surface area contributed by atoms with E-state index in [9.17, 15) is 8.42 Å². The van der Waals surface area contributed by atoms with Crippen LogP contribution >= 0.6 is 0 Å². The topological polar surface area (TPSA) is 52.6 Å². The van der Waals surface area contributed by atoms with E-state index in [0.717, 1.165) is 12.7 Å². The van der Waals surface area contributed by atoms with Crippen molar-refractivity contribution in [2.75, 3.05) is 0 Å². The molecular weight excluding hydrogens is 216 g/mol. The Hall–Kier alpha value is -1.49. The van der Waals surface area contributed by atoms with Crippen LogP contribution in [-0.4, -0.2) is 8.42 Å². The molecule has 0 aromatic rings. The van der Waals surface area contributed by atoms with E-state index in [4.69, 9.17) is 9.47 Å². The average molecular weight is 226 g/mol. The maximum Gasteiger partial charge on any atom is 0.257 e. The smallest absolute Gasteiger partial charge is 0.257 e. The molecule has 0 atom stereocenters. The number of sulfone groups is 1. The van der Waals surface area contributed by atoms with Crippen molar-refractivity contribution in [2.45, 2.75) is 12.8 Å². The minimum Gasteiger partial charge on any atom is -0.465 e. The zero-order chi connectivity index (χ0) is 10.7. The highest BCUT2D eigenvalue weighted by Crippen LogP contribution is 2.26. The molecule has 5 heteroatoms. The standard InChI is InChI=1S/C10H10O4S/c11-15(12,9-4-2-1-3-5-9)10-8-13-6-7-14-10/h1-2,4,6-8H,3,5H2. The predicted octanol–water partition coefficient (Wildman–Crippen LogP) is 1.95. The minimum absolute atomic E-state index is 0.161. The van der Waals surface area contributed by atoms with Crippen LogP contribution in [0.15, 0.2) is 47.0 Å². The van der Waals surface area contributed by atoms with Crippen molar-refractivity contribution < 1.29 is 17.9 Å². The highest BCUT2D eigenvalue weighted by Gasteiger charge is 2.26. The van der Waals surface area contributed by atoms with Gasteiger partial charge < -0.3 is 9.47 Å². The van der Waals surface area contributed by atoms with Gasteiger partial charge in [-0.25, -0.2) is 8.42 Å². The Morgan fingerprint density at radius 2 is 2.13 bits per heavy atom. The van der Waals surface area contributed by atoms with Gasteiger partial charge in [-0.05, 0) is 18.9 Å². The summed E-state index contributed by atoms with van der Waals surface area (Å²) in [6.07, 6.45) is 10.0. The Labute approximate surface area is 88.1 Å². The molecule has 0 N–H and O–H groups in total. The number of ether oxygens (including phenoxy) is 2. The summed E-state index contributed by atoms with van der Waals surface area (Å²) in [5.74, 6) is 0. The van der Waals surface area contributed by atoms with Crippen LogP contribution in [0.4, 0.5) is 0 Å². The predicted molar refractivity (Wildman–Crippen MR) is 54.8 cm³/mol. The molecule has 4 nitrogen and oxygen atoms in total. The lowest BCUT2D eigenvalue weighted by Gasteiger charge is -2.13. The molecule has 15 heavy (non-hydrogen) atoms. The third-order valence-corrected chi connectivity index (χ3v) is 3.82. The molecule has 2 aliphatic rings. The lowest BCUT2D eigenvalue weighted by Crippen LogP contribution is -2.11. The second-order valence-corrected chi connectivity index (χ2v) is 5.00. The van der Waals surface area contributed by atoms with Gasteiger partial charge in [0.15, 0.2) is 0 Å². The normalized spacial score (nSPS) is 20.0. The monoisotopic (exact) mass is 226 g/mol. The van der Waals surface area contributed by atoms with Gasteiger partial charge in [-0.1, -0.05) is 12.2 Å². The third kappa shape index (κ3) is 1.97. The van der Waals surface area contributed by atoms with Crippen LogP contribution in [0.5, 0.6) is 0 Å². The average Bonchev–Trinajstić information content (AvgIpc) is 2.31. The summed E-state index contributed by atoms with van der Waals surface area (Å²) in [6, 6.07) is 0. The Kier molecular flexibility index (Phi) is 2.64. The first-order chi connectivity index (χ1) is 7.21. The molecule has 1 aliphatic heterocycles. The summed E-state index contributed by atoms with van der Waals surface area (Å²) in [5, 5.41) is -0.161. The molecule has 1 aliphatic carbocycles. The fourth-order valence-electron chi connectivity index (χ4n) is 1.31. The van der Waals surface area contributed by atoms with Crippen LogP contribution in [0.2, 0.25) is 0 Å². The van der Waals surface area contributed by atoms with Crippen LogP contribution < -0.4 is 0 Å². The summed E-state index contributed by atoms with van der Waals surface area (Å²) < 4.78 is 33.5. The Morgan fingerprint density at radius 1 is 1.27 bits per heavy atom. The second kappa shape index (κ2) is 3.94. The van der Waals surface area contributed by atoms with Crippen molar-refractivity contribution >= 4 is 9.84 Å². The zero-order valence-electron chi connectivity index (χ0n) is 7.92. The van der Waals surface area contributed by atoms with Gasteiger partial charge in [-0.15, -0.1) is 0 Å². The molecule has 0 saturated carbocycles. The molecule has 0 unspecified atom stereocenters. The first kappa shape index (κ1) is 10.0. The van der Waals surface area contributed by atoms with E-state index in [1.165, 1.54) is 12.5 Å². The zero-order valence-corrected chi connectivity index (χ0v) is 8.74. The number of hydrogen-bond donors (Lipinski definition) is 0. The highest BCUT2D eigenvalue weighted by atomic mass is 32.2. The van der Waals surface area contributed by atoms with E-state index in [1.54, 1.807) is 12.2 Å². The van der Waals surface area contributed by atoms with Gasteiger partial charge in [0.05, 0.1) is 4.91 Å². The van der Waals surface area contributed by atoms with Gasteiger partial charge in [0.2, 0.25) is 9.84 Å². The number of rotatable bonds is 2. The van der Waals surface area contributed by atoms with Gasteiger partial charge >= 0.3 is 0 Å². The Morgan fingerprint density at radius 3 is 2.73 bits per heavy atom. The van der Waals surface area contributed by atoms with E-state index >= 15 is 0 Å². The van der Waals surface area contributed by atoms with Gasteiger partial charge in [0, 0.05) is 0 Å². The fraction of sp³-hybridized carbons (Fsp3) is 0.200. The molecule has 0 radical (unpaired) electrons. The van der Waals surface area contributed by atoms with E-state index < -0.39 is 9.84 Å². The van der Waals surface area contributed by atoms with Crippen LogP contribution in [0.3, 0.4) is 0 Å². The largest absolute Gasteiger partial charge is 0.465 e. The quantitative estimate of drug-likeness (QED) is 0.722.